The molecule has 0 saturated carbocycles. The fourth-order valence-electron chi connectivity index (χ4n) is 2.18. The molecule has 0 bridgehead atoms. The first-order valence-electron chi connectivity index (χ1n) is 6.37. The third-order valence-corrected chi connectivity index (χ3v) is 4.01. The molecule has 1 aromatic heterocycles. The summed E-state index contributed by atoms with van der Waals surface area (Å²) in [7, 11) is 0. The van der Waals surface area contributed by atoms with Gasteiger partial charge in [-0.1, -0.05) is 59.9 Å². The van der Waals surface area contributed by atoms with E-state index in [0.29, 0.717) is 15.7 Å². The van der Waals surface area contributed by atoms with Gasteiger partial charge in [0.2, 0.25) is 0 Å². The van der Waals surface area contributed by atoms with Crippen molar-refractivity contribution in [2.45, 2.75) is 0 Å². The summed E-state index contributed by atoms with van der Waals surface area (Å²) < 4.78 is 0. The zero-order valence-corrected chi connectivity index (χ0v) is 14.1. The monoisotopic (exact) mass is 375 g/mol. The lowest BCUT2D eigenvalue weighted by Crippen LogP contribution is -2.10. The second kappa shape index (κ2) is 6.72. The maximum atomic E-state index is 11.5. The summed E-state index contributed by atoms with van der Waals surface area (Å²) in [5, 5.41) is 0.337. The van der Waals surface area contributed by atoms with E-state index in [1.807, 2.05) is 54.6 Å². The van der Waals surface area contributed by atoms with Gasteiger partial charge in [0.05, 0.1) is 5.69 Å². The molecule has 3 rings (SSSR count). The van der Waals surface area contributed by atoms with E-state index in [-0.39, 0.29) is 17.0 Å². The minimum Gasteiger partial charge on any atom is -0.375 e. The highest BCUT2D eigenvalue weighted by Crippen LogP contribution is 2.31. The van der Waals surface area contributed by atoms with Crippen molar-refractivity contribution in [3.05, 3.63) is 59.5 Å². The standard InChI is InChI=1S/C16H13N3OS.BrH/c17-15(20)14-13(19-16(18)21-14)12-8-4-7-11(9-12)10-5-2-1-3-6-10;/h1-9H,(H2,17,20)(H2,18,19);1H. The summed E-state index contributed by atoms with van der Waals surface area (Å²) in [6, 6.07) is 17.8. The third kappa shape index (κ3) is 3.18. The van der Waals surface area contributed by atoms with Gasteiger partial charge in [0, 0.05) is 5.56 Å². The van der Waals surface area contributed by atoms with Crippen molar-refractivity contribution in [1.82, 2.24) is 4.98 Å². The fraction of sp³-hybridized carbons (Fsp3) is 0. The molecule has 0 spiro atoms. The van der Waals surface area contributed by atoms with Crippen molar-refractivity contribution >= 4 is 39.4 Å². The van der Waals surface area contributed by atoms with Crippen molar-refractivity contribution in [1.29, 1.82) is 0 Å². The Morgan fingerprint density at radius 2 is 1.59 bits per heavy atom. The van der Waals surface area contributed by atoms with E-state index in [2.05, 4.69) is 4.98 Å². The van der Waals surface area contributed by atoms with Gasteiger partial charge in [0.25, 0.3) is 5.91 Å². The summed E-state index contributed by atoms with van der Waals surface area (Å²) >= 11 is 1.11. The van der Waals surface area contributed by atoms with Crippen LogP contribution in [0.2, 0.25) is 0 Å². The van der Waals surface area contributed by atoms with Gasteiger partial charge in [-0.2, -0.15) is 0 Å². The van der Waals surface area contributed by atoms with Gasteiger partial charge in [-0.15, -0.1) is 17.0 Å². The van der Waals surface area contributed by atoms with E-state index in [9.17, 15) is 4.79 Å². The van der Waals surface area contributed by atoms with Gasteiger partial charge < -0.3 is 11.5 Å². The molecule has 0 radical (unpaired) electrons. The molecule has 22 heavy (non-hydrogen) atoms. The normalized spacial score (nSPS) is 10.0. The van der Waals surface area contributed by atoms with Crippen LogP contribution in [0.15, 0.2) is 54.6 Å². The number of nitrogen functional groups attached to an aromatic ring is 1. The summed E-state index contributed by atoms with van der Waals surface area (Å²) in [5.41, 5.74) is 14.6. The van der Waals surface area contributed by atoms with Crippen molar-refractivity contribution < 1.29 is 4.79 Å². The molecular formula is C16H14BrN3OS. The van der Waals surface area contributed by atoms with Crippen LogP contribution in [0.5, 0.6) is 0 Å². The van der Waals surface area contributed by atoms with Crippen LogP contribution in [0.1, 0.15) is 9.67 Å². The minimum absolute atomic E-state index is 0. The van der Waals surface area contributed by atoms with Crippen LogP contribution in [0.4, 0.5) is 5.13 Å². The van der Waals surface area contributed by atoms with Gasteiger partial charge in [-0.05, 0) is 17.2 Å². The number of thiazole rings is 1. The van der Waals surface area contributed by atoms with Crippen LogP contribution in [-0.2, 0) is 0 Å². The van der Waals surface area contributed by atoms with Gasteiger partial charge in [0.1, 0.15) is 4.88 Å². The van der Waals surface area contributed by atoms with Crippen molar-refractivity contribution in [3.63, 3.8) is 0 Å². The molecule has 4 nitrogen and oxygen atoms in total. The number of hydrogen-bond donors (Lipinski definition) is 2. The summed E-state index contributed by atoms with van der Waals surface area (Å²) in [6.45, 7) is 0. The van der Waals surface area contributed by atoms with Gasteiger partial charge >= 0.3 is 0 Å². The van der Waals surface area contributed by atoms with Crippen LogP contribution in [0.3, 0.4) is 0 Å². The van der Waals surface area contributed by atoms with E-state index in [0.717, 1.165) is 28.0 Å². The number of carbonyl (C=O) groups excluding carboxylic acids is 1. The quantitative estimate of drug-likeness (QED) is 0.731. The molecule has 1 amide bonds. The molecule has 0 aliphatic heterocycles. The van der Waals surface area contributed by atoms with Crippen molar-refractivity contribution in [2.24, 2.45) is 5.73 Å². The topological polar surface area (TPSA) is 82.0 Å². The second-order valence-electron chi connectivity index (χ2n) is 4.54. The van der Waals surface area contributed by atoms with Crippen molar-refractivity contribution in [3.8, 4) is 22.4 Å². The number of rotatable bonds is 3. The maximum absolute atomic E-state index is 11.5. The first-order chi connectivity index (χ1) is 10.1. The molecular weight excluding hydrogens is 362 g/mol. The molecule has 0 saturated heterocycles. The molecule has 4 N–H and O–H groups in total. The summed E-state index contributed by atoms with van der Waals surface area (Å²) in [6.07, 6.45) is 0. The van der Waals surface area contributed by atoms with Crippen LogP contribution in [-0.4, -0.2) is 10.9 Å². The summed E-state index contributed by atoms with van der Waals surface area (Å²) in [4.78, 5) is 16.1. The lowest BCUT2D eigenvalue weighted by Gasteiger charge is -2.05. The zero-order valence-electron chi connectivity index (χ0n) is 11.5. The van der Waals surface area contributed by atoms with E-state index in [1.54, 1.807) is 0 Å². The predicted octanol–water partition coefficient (Wildman–Crippen LogP) is 3.74. The Bertz CT molecular complexity index is 802. The largest absolute Gasteiger partial charge is 0.375 e. The van der Waals surface area contributed by atoms with Gasteiger partial charge in [-0.25, -0.2) is 4.98 Å². The fourth-order valence-corrected chi connectivity index (χ4v) is 2.88. The number of aromatic nitrogens is 1. The number of nitrogens with zero attached hydrogens (tertiary/aromatic N) is 1. The number of primary amides is 1. The molecule has 6 heteroatoms. The van der Waals surface area contributed by atoms with Gasteiger partial charge in [0.15, 0.2) is 5.13 Å². The Hall–Kier alpha value is -2.18. The van der Waals surface area contributed by atoms with Gasteiger partial charge in [-0.3, -0.25) is 4.79 Å². The Morgan fingerprint density at radius 1 is 0.955 bits per heavy atom. The lowest BCUT2D eigenvalue weighted by molar-refractivity contribution is 0.100. The average molecular weight is 376 g/mol. The third-order valence-electron chi connectivity index (χ3n) is 3.11. The maximum Gasteiger partial charge on any atom is 0.261 e. The Kier molecular flexibility index (Phi) is 4.95. The lowest BCUT2D eigenvalue weighted by atomic mass is 10.0. The molecule has 2 aromatic carbocycles. The van der Waals surface area contributed by atoms with E-state index in [4.69, 9.17) is 11.5 Å². The van der Waals surface area contributed by atoms with E-state index < -0.39 is 5.91 Å². The number of benzene rings is 2. The van der Waals surface area contributed by atoms with Crippen LogP contribution in [0.25, 0.3) is 22.4 Å². The first kappa shape index (κ1) is 16.2. The summed E-state index contributed by atoms with van der Waals surface area (Å²) in [5.74, 6) is -0.510. The number of anilines is 1. The molecule has 0 aliphatic carbocycles. The highest BCUT2D eigenvalue weighted by atomic mass is 79.9. The molecule has 0 unspecified atom stereocenters. The molecule has 0 atom stereocenters. The predicted molar refractivity (Wildman–Crippen MR) is 96.2 cm³/mol. The van der Waals surface area contributed by atoms with Crippen LogP contribution < -0.4 is 11.5 Å². The van der Waals surface area contributed by atoms with E-state index in [1.165, 1.54) is 0 Å². The Labute approximate surface area is 142 Å². The number of carbonyl (C=O) groups is 1. The molecule has 0 aliphatic rings. The number of nitrogens with two attached hydrogens (primary N) is 2. The van der Waals surface area contributed by atoms with Crippen LogP contribution in [0, 0.1) is 0 Å². The highest BCUT2D eigenvalue weighted by Gasteiger charge is 2.16. The molecule has 0 fully saturated rings. The minimum atomic E-state index is -0.510. The Balaban J connectivity index is 0.00000176. The SMILES string of the molecule is Br.NC(=O)c1sc(N)nc1-c1cccc(-c2ccccc2)c1. The Morgan fingerprint density at radius 3 is 2.27 bits per heavy atom. The molecule has 3 aromatic rings. The smallest absolute Gasteiger partial charge is 0.261 e. The molecule has 112 valence electrons. The van der Waals surface area contributed by atoms with Crippen LogP contribution >= 0.6 is 28.3 Å². The number of hydrogen-bond acceptors (Lipinski definition) is 4. The first-order valence-corrected chi connectivity index (χ1v) is 7.19. The average Bonchev–Trinajstić information content (AvgIpc) is 2.91. The molecule has 1 heterocycles. The second-order valence-corrected chi connectivity index (χ2v) is 5.57. The van der Waals surface area contributed by atoms with E-state index >= 15 is 0 Å². The van der Waals surface area contributed by atoms with Crippen molar-refractivity contribution in [2.75, 3.05) is 5.73 Å². The number of halogens is 1. The number of amides is 1. The highest BCUT2D eigenvalue weighted by molar-refractivity contribution is 8.93. The zero-order chi connectivity index (χ0) is 14.8.